The van der Waals surface area contributed by atoms with Gasteiger partial charge in [0.25, 0.3) is 6.71 Å². The third kappa shape index (κ3) is 3.06. The van der Waals surface area contributed by atoms with Crippen LogP contribution < -0.4 is 16.4 Å². The van der Waals surface area contributed by atoms with Gasteiger partial charge in [0.2, 0.25) is 0 Å². The van der Waals surface area contributed by atoms with Crippen molar-refractivity contribution in [3.05, 3.63) is 114 Å². The predicted molar refractivity (Wildman–Crippen MR) is 195 cm³/mol. The lowest BCUT2D eigenvalue weighted by Crippen LogP contribution is -2.60. The lowest BCUT2D eigenvalue weighted by atomic mass is 9.33. The molecule has 2 aromatic heterocycles. The Balaban J connectivity index is 1.41. The molecule has 0 atom stereocenters. The highest BCUT2D eigenvalue weighted by Gasteiger charge is 2.50. The van der Waals surface area contributed by atoms with Gasteiger partial charge in [-0.2, -0.15) is 0 Å². The standard InChI is InChI=1S/C42H33BN4/c1-41(2)22-23-42(3,4)33-27-19-21-29-38-35(27)43-34-26(32(33)41)18-20-28-37(34)46(39(44-28)24-12-7-5-8-13-24)30-16-11-17-31(36(30)43)47(38)40(45-29)25-14-9-6-10-15-25/h5-21H,22-23H2,1-4H3. The average Bonchev–Trinajstić information content (AvgIpc) is 3.63. The molecule has 224 valence electrons. The molecular weight excluding hydrogens is 571 g/mol. The molecule has 4 nitrogen and oxygen atoms in total. The number of benzene rings is 5. The van der Waals surface area contributed by atoms with Crippen LogP contribution in [-0.4, -0.2) is 25.8 Å². The molecular formula is C42H33BN4. The van der Waals surface area contributed by atoms with E-state index in [2.05, 4.69) is 140 Å². The number of hydrogen-bond donors (Lipinski definition) is 0. The topological polar surface area (TPSA) is 35.6 Å². The first kappa shape index (κ1) is 26.0. The van der Waals surface area contributed by atoms with E-state index in [-0.39, 0.29) is 17.5 Å². The van der Waals surface area contributed by atoms with Crippen LogP contribution in [0.5, 0.6) is 0 Å². The molecule has 0 saturated heterocycles. The zero-order chi connectivity index (χ0) is 31.4. The van der Waals surface area contributed by atoms with Crippen molar-refractivity contribution in [1.29, 1.82) is 0 Å². The summed E-state index contributed by atoms with van der Waals surface area (Å²) in [6.45, 7) is 9.97. The summed E-state index contributed by atoms with van der Waals surface area (Å²) in [5.41, 5.74) is 19.4. The van der Waals surface area contributed by atoms with Gasteiger partial charge >= 0.3 is 0 Å². The number of allylic oxidation sites excluding steroid dienone is 2. The molecule has 5 heterocycles. The first-order valence-corrected chi connectivity index (χ1v) is 16.9. The van der Waals surface area contributed by atoms with Gasteiger partial charge in [0, 0.05) is 22.5 Å². The summed E-state index contributed by atoms with van der Waals surface area (Å²) >= 11 is 0. The van der Waals surface area contributed by atoms with Crippen LogP contribution in [-0.2, 0) is 0 Å². The minimum atomic E-state index is 0.0204. The second kappa shape index (κ2) is 8.40. The number of imidazole rings is 2. The van der Waals surface area contributed by atoms with Gasteiger partial charge in [-0.1, -0.05) is 107 Å². The summed E-state index contributed by atoms with van der Waals surface area (Å²) in [7, 11) is 0. The highest BCUT2D eigenvalue weighted by Crippen LogP contribution is 2.57. The fourth-order valence-electron chi connectivity index (χ4n) is 9.64. The molecule has 0 radical (unpaired) electrons. The van der Waals surface area contributed by atoms with Gasteiger partial charge in [0.05, 0.1) is 22.1 Å². The summed E-state index contributed by atoms with van der Waals surface area (Å²) in [5.74, 6) is 2.00. The minimum absolute atomic E-state index is 0.0204. The molecule has 3 aliphatic heterocycles. The molecule has 1 aliphatic carbocycles. The molecule has 0 saturated carbocycles. The number of aromatic nitrogens is 4. The van der Waals surface area contributed by atoms with Crippen molar-refractivity contribution in [2.45, 2.75) is 40.5 Å². The van der Waals surface area contributed by atoms with Crippen molar-refractivity contribution in [2.75, 3.05) is 0 Å². The van der Waals surface area contributed by atoms with Gasteiger partial charge in [0.15, 0.2) is 0 Å². The normalized spacial score (nSPS) is 17.4. The number of nitrogens with zero attached hydrogens (tertiary/aromatic N) is 4. The molecule has 0 fully saturated rings. The SMILES string of the molecule is CC1(C)CCC(C)(C)C2=C1c1ccc3nc(-c4ccccc4)n4c3c1B1c3c-4cccc3-n3c(-c4ccccc4)nc4ccc2c1c43. The van der Waals surface area contributed by atoms with E-state index in [9.17, 15) is 0 Å². The Morgan fingerprint density at radius 3 is 1.40 bits per heavy atom. The van der Waals surface area contributed by atoms with E-state index in [0.29, 0.717) is 0 Å². The first-order valence-electron chi connectivity index (χ1n) is 16.9. The minimum Gasteiger partial charge on any atom is -0.293 e. The van der Waals surface area contributed by atoms with Gasteiger partial charge in [0.1, 0.15) is 11.6 Å². The second-order valence-corrected chi connectivity index (χ2v) is 15.2. The molecule has 47 heavy (non-hydrogen) atoms. The van der Waals surface area contributed by atoms with E-state index >= 15 is 0 Å². The summed E-state index contributed by atoms with van der Waals surface area (Å²) in [4.78, 5) is 10.8. The third-order valence-corrected chi connectivity index (χ3v) is 11.7. The quantitative estimate of drug-likeness (QED) is 0.188. The maximum absolute atomic E-state index is 5.41. The Bertz CT molecular complexity index is 2390. The van der Waals surface area contributed by atoms with Crippen molar-refractivity contribution >= 4 is 56.3 Å². The maximum Gasteiger partial charge on any atom is 0.253 e. The molecule has 0 N–H and O–H groups in total. The van der Waals surface area contributed by atoms with Crippen molar-refractivity contribution in [3.63, 3.8) is 0 Å². The van der Waals surface area contributed by atoms with Gasteiger partial charge in [-0.15, -0.1) is 0 Å². The molecule has 5 aromatic carbocycles. The fourth-order valence-corrected chi connectivity index (χ4v) is 9.64. The first-order chi connectivity index (χ1) is 22.8. The molecule has 0 spiro atoms. The third-order valence-electron chi connectivity index (χ3n) is 11.7. The lowest BCUT2D eigenvalue weighted by Gasteiger charge is -2.44. The van der Waals surface area contributed by atoms with Gasteiger partial charge in [-0.25, -0.2) is 9.97 Å². The molecule has 0 amide bonds. The van der Waals surface area contributed by atoms with E-state index in [1.54, 1.807) is 0 Å². The molecule has 5 heteroatoms. The van der Waals surface area contributed by atoms with Crippen LogP contribution in [0.4, 0.5) is 0 Å². The van der Waals surface area contributed by atoms with E-state index in [1.165, 1.54) is 61.1 Å². The van der Waals surface area contributed by atoms with E-state index in [4.69, 9.17) is 9.97 Å². The van der Waals surface area contributed by atoms with E-state index in [1.807, 2.05) is 0 Å². The Morgan fingerprint density at radius 2 is 0.957 bits per heavy atom. The van der Waals surface area contributed by atoms with Crippen LogP contribution >= 0.6 is 0 Å². The van der Waals surface area contributed by atoms with Crippen LogP contribution in [0.25, 0.3) is 67.4 Å². The van der Waals surface area contributed by atoms with Gasteiger partial charge in [-0.05, 0) is 86.6 Å². The van der Waals surface area contributed by atoms with Gasteiger partial charge < -0.3 is 0 Å². The van der Waals surface area contributed by atoms with E-state index in [0.717, 1.165) is 46.7 Å². The predicted octanol–water partition coefficient (Wildman–Crippen LogP) is 7.91. The fraction of sp³-hybridized carbons (Fsp3) is 0.190. The zero-order valence-corrected chi connectivity index (χ0v) is 27.1. The highest BCUT2D eigenvalue weighted by atomic mass is 15.1. The van der Waals surface area contributed by atoms with Crippen LogP contribution in [0.1, 0.15) is 51.7 Å². The van der Waals surface area contributed by atoms with E-state index < -0.39 is 0 Å². The molecule has 4 aliphatic rings. The van der Waals surface area contributed by atoms with Crippen LogP contribution in [0.2, 0.25) is 0 Å². The zero-order valence-electron chi connectivity index (χ0n) is 27.1. The molecule has 7 aromatic rings. The average molecular weight is 605 g/mol. The lowest BCUT2D eigenvalue weighted by molar-refractivity contribution is 0.325. The Labute approximate surface area is 274 Å². The van der Waals surface area contributed by atoms with Crippen LogP contribution in [0.3, 0.4) is 0 Å². The van der Waals surface area contributed by atoms with Crippen molar-refractivity contribution in [3.8, 4) is 34.2 Å². The summed E-state index contributed by atoms with van der Waals surface area (Å²) < 4.78 is 4.96. The van der Waals surface area contributed by atoms with Crippen LogP contribution in [0.15, 0.2) is 103 Å². The number of hydrogen-bond acceptors (Lipinski definition) is 2. The number of fused-ring (bicyclic) bond motifs is 4. The monoisotopic (exact) mass is 604 g/mol. The summed E-state index contributed by atoms with van der Waals surface area (Å²) in [6.07, 6.45) is 2.32. The highest BCUT2D eigenvalue weighted by molar-refractivity contribution is 7.01. The Hall–Kier alpha value is -5.16. The van der Waals surface area contributed by atoms with Crippen molar-refractivity contribution in [1.82, 2.24) is 19.1 Å². The Morgan fingerprint density at radius 1 is 0.511 bits per heavy atom. The largest absolute Gasteiger partial charge is 0.293 e. The van der Waals surface area contributed by atoms with Crippen LogP contribution in [0, 0.1) is 10.8 Å². The smallest absolute Gasteiger partial charge is 0.253 e. The van der Waals surface area contributed by atoms with Crippen molar-refractivity contribution < 1.29 is 0 Å². The summed E-state index contributed by atoms with van der Waals surface area (Å²) in [5, 5.41) is 0. The molecule has 0 unspecified atom stereocenters. The van der Waals surface area contributed by atoms with Gasteiger partial charge in [-0.3, -0.25) is 9.13 Å². The second-order valence-electron chi connectivity index (χ2n) is 15.2. The Kier molecular flexibility index (Phi) is 4.64. The molecule has 11 rings (SSSR count). The molecule has 0 bridgehead atoms. The van der Waals surface area contributed by atoms with Crippen molar-refractivity contribution in [2.24, 2.45) is 10.8 Å². The summed E-state index contributed by atoms with van der Waals surface area (Å²) in [6, 6.07) is 37.7. The maximum atomic E-state index is 5.41. The number of rotatable bonds is 2.